The number of carbonyl (C=O) groups excluding carboxylic acids is 1. The molecule has 0 aromatic heterocycles. The van der Waals surface area contributed by atoms with E-state index in [9.17, 15) is 4.79 Å². The molecule has 0 atom stereocenters. The fourth-order valence-electron chi connectivity index (χ4n) is 2.37. The number of benzene rings is 2. The third kappa shape index (κ3) is 2.99. The van der Waals surface area contributed by atoms with E-state index in [1.165, 1.54) is 16.7 Å². The summed E-state index contributed by atoms with van der Waals surface area (Å²) in [4.78, 5) is 11.5. The molecule has 0 aliphatic rings. The van der Waals surface area contributed by atoms with E-state index in [4.69, 9.17) is 0 Å². The minimum atomic E-state index is -0.0701. The van der Waals surface area contributed by atoms with Gasteiger partial charge >= 0.3 is 0 Å². The monoisotopic (exact) mass is 268 g/mol. The lowest BCUT2D eigenvalue weighted by Gasteiger charge is -2.14. The van der Waals surface area contributed by atoms with Crippen LogP contribution < -0.4 is 10.6 Å². The van der Waals surface area contributed by atoms with Gasteiger partial charge in [0.1, 0.15) is 0 Å². The van der Waals surface area contributed by atoms with Gasteiger partial charge in [-0.3, -0.25) is 4.79 Å². The van der Waals surface area contributed by atoms with E-state index in [0.29, 0.717) is 5.56 Å². The lowest BCUT2D eigenvalue weighted by atomic mass is 10.0. The minimum Gasteiger partial charge on any atom is -0.355 e. The molecule has 2 aromatic rings. The molecular formula is C17H20N2O. The van der Waals surface area contributed by atoms with Gasteiger partial charge < -0.3 is 10.6 Å². The fourth-order valence-corrected chi connectivity index (χ4v) is 2.37. The van der Waals surface area contributed by atoms with Gasteiger partial charge in [-0.15, -0.1) is 0 Å². The third-order valence-electron chi connectivity index (χ3n) is 3.32. The molecule has 0 radical (unpaired) electrons. The van der Waals surface area contributed by atoms with Crippen molar-refractivity contribution < 1.29 is 4.79 Å². The summed E-state index contributed by atoms with van der Waals surface area (Å²) in [6.07, 6.45) is 0. The molecule has 0 aliphatic carbocycles. The van der Waals surface area contributed by atoms with Crippen molar-refractivity contribution in [3.05, 3.63) is 58.7 Å². The van der Waals surface area contributed by atoms with Crippen LogP contribution in [0.1, 0.15) is 27.0 Å². The van der Waals surface area contributed by atoms with E-state index < -0.39 is 0 Å². The molecule has 0 unspecified atom stereocenters. The maximum atomic E-state index is 11.5. The van der Waals surface area contributed by atoms with Gasteiger partial charge in [0, 0.05) is 24.0 Å². The van der Waals surface area contributed by atoms with Crippen molar-refractivity contribution in [2.45, 2.75) is 20.8 Å². The first kappa shape index (κ1) is 14.1. The Labute approximate surface area is 120 Å². The van der Waals surface area contributed by atoms with Crippen molar-refractivity contribution in [3.8, 4) is 0 Å². The van der Waals surface area contributed by atoms with Crippen LogP contribution in [0.4, 0.5) is 11.4 Å². The normalized spacial score (nSPS) is 10.2. The van der Waals surface area contributed by atoms with Crippen LogP contribution in [0.5, 0.6) is 0 Å². The highest BCUT2D eigenvalue weighted by Crippen LogP contribution is 2.26. The number of amides is 1. The van der Waals surface area contributed by atoms with Crippen LogP contribution in [-0.4, -0.2) is 13.0 Å². The number of rotatable bonds is 3. The highest BCUT2D eigenvalue weighted by atomic mass is 16.1. The van der Waals surface area contributed by atoms with E-state index in [1.807, 2.05) is 24.3 Å². The van der Waals surface area contributed by atoms with Crippen LogP contribution in [0.15, 0.2) is 36.4 Å². The standard InChI is InChI=1S/C17H20N2O/c1-11-9-12(2)16(13(3)10-11)19-15-7-5-14(6-8-15)17(20)18-4/h5-10,19H,1-4H3,(H,18,20). The van der Waals surface area contributed by atoms with E-state index in [2.05, 4.69) is 43.5 Å². The zero-order valence-electron chi connectivity index (χ0n) is 12.4. The van der Waals surface area contributed by atoms with E-state index in [-0.39, 0.29) is 5.91 Å². The van der Waals surface area contributed by atoms with Gasteiger partial charge in [0.05, 0.1) is 0 Å². The SMILES string of the molecule is CNC(=O)c1ccc(Nc2c(C)cc(C)cc2C)cc1. The van der Waals surface area contributed by atoms with Crippen LogP contribution >= 0.6 is 0 Å². The summed E-state index contributed by atoms with van der Waals surface area (Å²) < 4.78 is 0. The first-order chi connectivity index (χ1) is 9.51. The Balaban J connectivity index is 2.25. The number of aryl methyl sites for hydroxylation is 3. The molecule has 0 spiro atoms. The lowest BCUT2D eigenvalue weighted by molar-refractivity contribution is 0.0963. The van der Waals surface area contributed by atoms with E-state index >= 15 is 0 Å². The van der Waals surface area contributed by atoms with Gasteiger partial charge in [0.2, 0.25) is 0 Å². The van der Waals surface area contributed by atoms with Gasteiger partial charge in [-0.1, -0.05) is 17.7 Å². The maximum Gasteiger partial charge on any atom is 0.251 e. The molecule has 0 aliphatic heterocycles. The number of hydrogen-bond donors (Lipinski definition) is 2. The zero-order chi connectivity index (χ0) is 14.7. The fraction of sp³-hybridized carbons (Fsp3) is 0.235. The molecule has 0 bridgehead atoms. The molecule has 3 heteroatoms. The van der Waals surface area contributed by atoms with Crippen LogP contribution in [0.25, 0.3) is 0 Å². The Hall–Kier alpha value is -2.29. The first-order valence-electron chi connectivity index (χ1n) is 6.68. The second-order valence-electron chi connectivity index (χ2n) is 5.06. The van der Waals surface area contributed by atoms with Crippen molar-refractivity contribution in [2.24, 2.45) is 0 Å². The minimum absolute atomic E-state index is 0.0701. The summed E-state index contributed by atoms with van der Waals surface area (Å²) in [7, 11) is 1.63. The first-order valence-corrected chi connectivity index (χ1v) is 6.68. The highest BCUT2D eigenvalue weighted by Gasteiger charge is 2.06. The zero-order valence-corrected chi connectivity index (χ0v) is 12.4. The second-order valence-corrected chi connectivity index (χ2v) is 5.06. The predicted octanol–water partition coefficient (Wildman–Crippen LogP) is 3.72. The number of anilines is 2. The molecule has 1 amide bonds. The Morgan fingerprint density at radius 1 is 0.950 bits per heavy atom. The average molecular weight is 268 g/mol. The number of hydrogen-bond acceptors (Lipinski definition) is 2. The van der Waals surface area contributed by atoms with E-state index in [1.54, 1.807) is 7.05 Å². The molecular weight excluding hydrogens is 248 g/mol. The summed E-state index contributed by atoms with van der Waals surface area (Å²) >= 11 is 0. The molecule has 0 fully saturated rings. The molecule has 2 N–H and O–H groups in total. The van der Waals surface area contributed by atoms with Crippen LogP contribution in [0, 0.1) is 20.8 Å². The maximum absolute atomic E-state index is 11.5. The van der Waals surface area contributed by atoms with Crippen LogP contribution in [-0.2, 0) is 0 Å². The molecule has 2 aromatic carbocycles. The molecule has 104 valence electrons. The molecule has 0 saturated heterocycles. The highest BCUT2D eigenvalue weighted by molar-refractivity contribution is 5.94. The van der Waals surface area contributed by atoms with Crippen molar-refractivity contribution in [1.82, 2.24) is 5.32 Å². The molecule has 2 rings (SSSR count). The Kier molecular flexibility index (Phi) is 4.08. The Bertz CT molecular complexity index is 607. The smallest absolute Gasteiger partial charge is 0.251 e. The molecule has 3 nitrogen and oxygen atoms in total. The van der Waals surface area contributed by atoms with Gasteiger partial charge in [-0.05, 0) is 56.2 Å². The quantitative estimate of drug-likeness (QED) is 0.891. The largest absolute Gasteiger partial charge is 0.355 e. The Morgan fingerprint density at radius 2 is 1.50 bits per heavy atom. The summed E-state index contributed by atoms with van der Waals surface area (Å²) in [5.41, 5.74) is 6.47. The van der Waals surface area contributed by atoms with Gasteiger partial charge in [0.15, 0.2) is 0 Å². The Morgan fingerprint density at radius 3 is 2.00 bits per heavy atom. The van der Waals surface area contributed by atoms with Crippen LogP contribution in [0.3, 0.4) is 0 Å². The molecule has 0 saturated carbocycles. The lowest BCUT2D eigenvalue weighted by Crippen LogP contribution is -2.17. The van der Waals surface area contributed by atoms with Gasteiger partial charge in [0.25, 0.3) is 5.91 Å². The van der Waals surface area contributed by atoms with Crippen molar-refractivity contribution >= 4 is 17.3 Å². The van der Waals surface area contributed by atoms with Crippen molar-refractivity contribution in [2.75, 3.05) is 12.4 Å². The van der Waals surface area contributed by atoms with Gasteiger partial charge in [-0.25, -0.2) is 0 Å². The third-order valence-corrected chi connectivity index (χ3v) is 3.32. The molecule has 20 heavy (non-hydrogen) atoms. The second kappa shape index (κ2) is 5.78. The van der Waals surface area contributed by atoms with E-state index in [0.717, 1.165) is 11.4 Å². The van der Waals surface area contributed by atoms with Crippen LogP contribution in [0.2, 0.25) is 0 Å². The predicted molar refractivity (Wildman–Crippen MR) is 83.8 cm³/mol. The topological polar surface area (TPSA) is 41.1 Å². The summed E-state index contributed by atoms with van der Waals surface area (Å²) in [6.45, 7) is 6.30. The average Bonchev–Trinajstić information content (AvgIpc) is 2.42. The summed E-state index contributed by atoms with van der Waals surface area (Å²) in [5.74, 6) is -0.0701. The number of carbonyl (C=O) groups is 1. The van der Waals surface area contributed by atoms with Gasteiger partial charge in [-0.2, -0.15) is 0 Å². The number of nitrogens with one attached hydrogen (secondary N) is 2. The summed E-state index contributed by atoms with van der Waals surface area (Å²) in [5, 5.41) is 6.04. The molecule has 0 heterocycles. The summed E-state index contributed by atoms with van der Waals surface area (Å²) in [6, 6.07) is 11.8. The van der Waals surface area contributed by atoms with Crippen molar-refractivity contribution in [1.29, 1.82) is 0 Å². The van der Waals surface area contributed by atoms with Crippen molar-refractivity contribution in [3.63, 3.8) is 0 Å².